The van der Waals surface area contributed by atoms with Gasteiger partial charge in [-0.1, -0.05) is 287 Å². The highest BCUT2D eigenvalue weighted by Gasteiger charge is 2.21. The number of amides is 7. The second-order valence-electron chi connectivity index (χ2n) is 28.2. The van der Waals surface area contributed by atoms with E-state index in [1.165, 1.54) is 202 Å². The fourth-order valence-corrected chi connectivity index (χ4v) is 17.4. The molecule has 1 N–H and O–H groups in total. The molecule has 0 bridgehead atoms. The molecule has 0 saturated carbocycles. The molecule has 0 aromatic heterocycles. The molecular weight excluding hydrogens is 2010 g/mol. The monoisotopic (exact) mass is 2240 g/mol. The van der Waals surface area contributed by atoms with Crippen molar-refractivity contribution in [2.24, 2.45) is 4.99 Å². The number of ether oxygens (including phenoxy) is 2. The number of benzene rings is 2. The number of carbonyl (C=O) groups is 5. The Kier molecular flexibility index (Phi) is 186. The molecule has 2 unspecified atom stereocenters. The summed E-state index contributed by atoms with van der Waals surface area (Å²) in [6.07, 6.45) is 59.8. The first-order valence-electron chi connectivity index (χ1n) is 47.7. The number of sulfonamides is 1. The van der Waals surface area contributed by atoms with E-state index in [0.717, 1.165) is 34.0 Å². The second kappa shape index (κ2) is 150. The highest BCUT2D eigenvalue weighted by Crippen LogP contribution is 2.34. The van der Waals surface area contributed by atoms with E-state index >= 15 is 0 Å². The Morgan fingerprint density at radius 2 is 0.907 bits per heavy atom. The van der Waals surface area contributed by atoms with Gasteiger partial charge in [0.2, 0.25) is 27.7 Å². The van der Waals surface area contributed by atoms with Crippen molar-refractivity contribution in [2.75, 3.05) is 192 Å². The number of methoxy groups -OCH3 is 2. The van der Waals surface area contributed by atoms with Crippen LogP contribution in [0.1, 0.15) is 302 Å². The first kappa shape index (κ1) is 174. The highest BCUT2D eigenvalue weighted by molar-refractivity contribution is 8.21. The number of nitrogens with zero attached hydrogens (tertiary/aromatic N) is 5. The number of hydrogen-bond acceptors (Lipinski definition) is 23. The van der Waals surface area contributed by atoms with Crippen LogP contribution in [-0.2, 0) is 40.3 Å². The van der Waals surface area contributed by atoms with Gasteiger partial charge in [-0.05, 0) is 239 Å². The topological polar surface area (TPSA) is 198 Å². The number of hydrogen-bond donors (Lipinski definition) is 1. The third-order valence-corrected chi connectivity index (χ3v) is 29.5. The third kappa shape index (κ3) is 146. The van der Waals surface area contributed by atoms with Crippen molar-refractivity contribution in [3.05, 3.63) is 157 Å². The van der Waals surface area contributed by atoms with Crippen LogP contribution in [0.25, 0.3) is 0 Å². The van der Waals surface area contributed by atoms with Crippen LogP contribution in [0, 0.1) is 13.8 Å². The zero-order chi connectivity index (χ0) is 111. The Bertz CT molecular complexity index is 3390. The molecule has 0 aliphatic rings. The Labute approximate surface area is 935 Å². The molecule has 0 aliphatic heterocycles. The van der Waals surface area contributed by atoms with Crippen LogP contribution in [0.2, 0.25) is 0 Å². The van der Waals surface area contributed by atoms with Gasteiger partial charge >= 0.3 is 12.1 Å². The number of carbonyl (C=O) groups excluding carboxylic acids is 5. The number of unbranched alkanes of at least 4 members (excludes halogenated alkanes) is 7. The summed E-state index contributed by atoms with van der Waals surface area (Å²) >= 11 is 22.2. The van der Waals surface area contributed by atoms with Gasteiger partial charge in [0.05, 0.1) is 18.1 Å². The molecule has 7 amide bonds. The van der Waals surface area contributed by atoms with Gasteiger partial charge in [0.25, 0.3) is 0 Å². The number of thioether (sulfide) groups is 13. The largest absolute Gasteiger partial charge is 0.862 e. The van der Waals surface area contributed by atoms with Gasteiger partial charge in [-0.3, -0.25) is 24.6 Å². The second-order valence-corrected chi connectivity index (χ2v) is 42.3. The summed E-state index contributed by atoms with van der Waals surface area (Å²) < 4.78 is 64.9. The minimum atomic E-state index is -3.28. The van der Waals surface area contributed by atoms with Crippen LogP contribution < -0.4 is 10.4 Å². The molecule has 2 atom stereocenters. The Hall–Kier alpha value is -2.24. The lowest BCUT2D eigenvalue weighted by atomic mass is 10.1. The summed E-state index contributed by atoms with van der Waals surface area (Å²) in [7, 11) is 7.80. The van der Waals surface area contributed by atoms with E-state index < -0.39 is 27.3 Å². The molecule has 140 heavy (non-hydrogen) atoms. The fourth-order valence-electron chi connectivity index (χ4n) is 8.47. The molecule has 0 saturated heterocycles. The van der Waals surface area contributed by atoms with E-state index in [1.54, 1.807) is 97.5 Å². The van der Waals surface area contributed by atoms with Crippen molar-refractivity contribution in [1.82, 2.24) is 24.3 Å². The minimum absolute atomic E-state index is 0. The van der Waals surface area contributed by atoms with Gasteiger partial charge in [0.15, 0.2) is 0 Å². The van der Waals surface area contributed by atoms with Crippen molar-refractivity contribution in [3.8, 4) is 0 Å². The summed E-state index contributed by atoms with van der Waals surface area (Å²) in [4.78, 5) is 63.7. The lowest BCUT2D eigenvalue weighted by Gasteiger charge is -2.22. The fraction of sp³-hybridized carbons (Fsp3) is 0.691. The Balaban J connectivity index is -0.0000000636. The summed E-state index contributed by atoms with van der Waals surface area (Å²) in [6.45, 7) is 56.0. The maximum absolute atomic E-state index is 12.0. The molecule has 2 aromatic carbocycles. The Morgan fingerprint density at radius 3 is 1.13 bits per heavy atom. The summed E-state index contributed by atoms with van der Waals surface area (Å²) in [5.74, 6) is 3.87. The van der Waals surface area contributed by atoms with Crippen LogP contribution >= 0.6 is 153 Å². The van der Waals surface area contributed by atoms with Crippen LogP contribution in [0.5, 0.6) is 0 Å². The van der Waals surface area contributed by atoms with Gasteiger partial charge < -0.3 is 24.4 Å². The average Bonchev–Trinajstić information content (AvgIpc) is 0.819. The number of nitrogens with one attached hydrogen (secondary N) is 1. The zero-order valence-corrected chi connectivity index (χ0v) is 104. The number of allylic oxidation sites excluding steroid dienone is 11. The summed E-state index contributed by atoms with van der Waals surface area (Å²) in [6, 6.07) is 14.8. The quantitative estimate of drug-likeness (QED) is 0.0216. The predicted octanol–water partition coefficient (Wildman–Crippen LogP) is 35.1. The lowest BCUT2D eigenvalue weighted by molar-refractivity contribution is -0.218. The molecule has 0 fully saturated rings. The van der Waals surface area contributed by atoms with E-state index in [-0.39, 0.29) is 74.3 Å². The third-order valence-electron chi connectivity index (χ3n) is 16.6. The number of urea groups is 2. The van der Waals surface area contributed by atoms with E-state index in [1.807, 2.05) is 209 Å². The van der Waals surface area contributed by atoms with E-state index in [4.69, 9.17) is 5.48 Å². The molecule has 0 radical (unpaired) electrons. The van der Waals surface area contributed by atoms with Crippen molar-refractivity contribution >= 4 is 199 Å². The molecular formula is C110H225N6O10S14-. The maximum Gasteiger partial charge on any atom is 0.325 e. The van der Waals surface area contributed by atoms with Crippen molar-refractivity contribution in [3.63, 3.8) is 0 Å². The molecule has 16 nitrogen and oxygen atoms in total. The normalized spacial score (nSPS) is 11.2. The SMILES string of the molecule is C.C.C.C.C.C.C/C=C\C(C)=C/C.C/C=C\C=C/C.C=C(C(CC)SC)C(CC)SC.C=C(SC)SC.CC(=O)N(C)C(=O)N(C)C.CC(=O)NC(=O)N(C)C.CCC([O-])=NC(C)=O.CCCCCC.CCCCCCC.CCCc1ccccc1C.CCN(CC)S(=O)(=O)c1ccc(C)cc1.COCCOC.CS/C(C)=C(SC)/C(C)=C(\C)SC.CSCCCSC.CSCCSC.[2H]C([2H])(SC)C([2H])([2H])SC. The standard InChI is InChI=1S/C11H17NO2S.C10H18S3.C10H20S2.C10H14.C7H12.C7H16.C6H12N2O2.C6H14.C6H10.C5H10N2O2.C5H9NO2.C5H12S2.C4H10O2.2C4H10S2.C4H8S2.6CH4/c1-4-12(5-2)15(13,14)11-8-6-10(3)7-9-11;1-7(8(2)11-4)10(13-6)9(3)12-5;1-6-9(11-4)8(3)10(7-2)12-5;1-3-6-10-8-5-4-7-9(10)2;1-4-6-7(3)5-2;1-3-5-7-6-4-2;1-5(9)8(4)6(10)7(2)3;2*1-3-5-6-4-2;1-4(8)6-5(9)7(2)3;1-3-5(8)6-4(2)7;1-6-4-3-5-7-2;3*1-5-3-4-6-2;1-4(5-2)6-3;;;;;;/h6-9H,4-5H2,1-3H3;1-6H3;9-10H,3,6-7H2,1-2,4-5H3;4-5,7-8H,3,6H2,1-2H3;4-6H,1-3H3;3-7H2,1-2H3;1-4H3;3-6H2,1-2H3;3-6H,1-2H3;1-3H3,(H,6,8,9);3H2,1-2H3,(H,6,7,8);3-5H2,1-2H3;3*3-4H2,1-2H3;1H2,2-3H3;6*1H4/p-1/b;8-7+,10-9-;;;6-4-,7-5-;;;;5-3-,6-4-;;;;;;;;;;;;;/i;;;;;;;;;;;;;3D2,4D2;;;;;;;;. The predicted molar refractivity (Wildman–Crippen MR) is 685 cm³/mol. The van der Waals surface area contributed by atoms with Gasteiger partial charge in [0.1, 0.15) is 0 Å². The molecule has 0 spiro atoms. The molecule has 2 aromatic rings. The minimum Gasteiger partial charge on any atom is -0.862 e. The van der Waals surface area contributed by atoms with Crippen molar-refractivity contribution in [2.45, 2.75) is 316 Å². The molecule has 30 heteroatoms. The van der Waals surface area contributed by atoms with Gasteiger partial charge in [-0.2, -0.15) is 98.4 Å². The van der Waals surface area contributed by atoms with Crippen LogP contribution in [0.15, 0.2) is 150 Å². The Morgan fingerprint density at radius 1 is 0.514 bits per heavy atom. The molecule has 840 valence electrons. The molecule has 2 rings (SSSR count). The zero-order valence-electron chi connectivity index (χ0n) is 96.5. The van der Waals surface area contributed by atoms with E-state index in [0.29, 0.717) is 48.1 Å². The number of aryl methyl sites for hydroxylation is 3. The average molecular weight is 2250 g/mol. The summed E-state index contributed by atoms with van der Waals surface area (Å²) in [5, 5.41) is 13.6. The smallest absolute Gasteiger partial charge is 0.325 e. The lowest BCUT2D eigenvalue weighted by Crippen LogP contribution is -2.39. The van der Waals surface area contributed by atoms with Crippen molar-refractivity contribution in [1.29, 1.82) is 0 Å². The van der Waals surface area contributed by atoms with Crippen LogP contribution in [0.4, 0.5) is 9.59 Å². The van der Waals surface area contributed by atoms with Gasteiger partial charge in [-0.25, -0.2) is 23.0 Å². The first-order chi connectivity index (χ1) is 64.8. The van der Waals surface area contributed by atoms with Gasteiger partial charge in [-0.15, -0.1) is 58.8 Å². The maximum atomic E-state index is 12.0. The van der Waals surface area contributed by atoms with Crippen molar-refractivity contribution < 1.29 is 52.5 Å². The van der Waals surface area contributed by atoms with Gasteiger partial charge in [0, 0.05) is 131 Å². The first-order valence-corrected chi connectivity index (χ1v) is 63.8. The van der Waals surface area contributed by atoms with Crippen LogP contribution in [0.3, 0.4) is 0 Å². The highest BCUT2D eigenvalue weighted by atomic mass is 32.2. The van der Waals surface area contributed by atoms with Crippen LogP contribution in [-0.4, -0.2) is 265 Å². The number of rotatable bonds is 41. The van der Waals surface area contributed by atoms with E-state index in [2.05, 4.69) is 209 Å². The van der Waals surface area contributed by atoms with E-state index in [9.17, 15) is 37.5 Å². The molecule has 0 heterocycles. The number of aliphatic imine (C=N–C) groups is 1. The number of imide groups is 2. The summed E-state index contributed by atoms with van der Waals surface area (Å²) in [5.41, 5.74) is 4.54. The molecule has 0 aliphatic carbocycles.